The van der Waals surface area contributed by atoms with Crippen molar-refractivity contribution >= 4 is 32.5 Å². The highest BCUT2D eigenvalue weighted by atomic mass is 32.2. The number of hydrogen-bond acceptors (Lipinski definition) is 4. The highest BCUT2D eigenvalue weighted by Crippen LogP contribution is 2.29. The zero-order valence-corrected chi connectivity index (χ0v) is 19.3. The number of fused-ring (bicyclic) bond motifs is 1. The van der Waals surface area contributed by atoms with Crippen LogP contribution >= 0.6 is 0 Å². The minimum absolute atomic E-state index is 0.0418. The lowest BCUT2D eigenvalue weighted by Gasteiger charge is -2.21. The molecule has 0 radical (unpaired) electrons. The fraction of sp³-hybridized carbons (Fsp3) is 0.292. The first kappa shape index (κ1) is 22.8. The van der Waals surface area contributed by atoms with Crippen molar-refractivity contribution < 1.29 is 8.42 Å². The van der Waals surface area contributed by atoms with Gasteiger partial charge in [-0.2, -0.15) is 0 Å². The Labute approximate surface area is 184 Å². The standard InChI is InChI=1S/C24H30N4O2S/c1-17(15-24(4,5)25)26-19(3)27-18(2)22-16-28(23-14-10-9-13-21(22)23)31(29,30)20-11-7-6-8-12-20/h6-14,16-17H,2,15,25H2,1,3-5H3,(H,26,27)/t17-/m1/s1. The second-order valence-corrected chi connectivity index (χ2v) is 10.3. The predicted octanol–water partition coefficient (Wildman–Crippen LogP) is 4.37. The van der Waals surface area contributed by atoms with Gasteiger partial charge < -0.3 is 11.1 Å². The van der Waals surface area contributed by atoms with Crippen LogP contribution in [0.3, 0.4) is 0 Å². The number of hydrogen-bond donors (Lipinski definition) is 2. The van der Waals surface area contributed by atoms with E-state index in [1.807, 2.05) is 45.9 Å². The summed E-state index contributed by atoms with van der Waals surface area (Å²) in [7, 11) is -3.74. The van der Waals surface area contributed by atoms with Gasteiger partial charge in [0.05, 0.1) is 22.3 Å². The Bertz CT molecular complexity index is 1220. The Hall–Kier alpha value is -2.90. The summed E-state index contributed by atoms with van der Waals surface area (Å²) in [6, 6.07) is 15.8. The molecule has 3 rings (SSSR count). The van der Waals surface area contributed by atoms with Crippen molar-refractivity contribution in [3.05, 3.63) is 72.9 Å². The Morgan fingerprint density at radius 3 is 2.42 bits per heavy atom. The summed E-state index contributed by atoms with van der Waals surface area (Å²) in [5.41, 5.74) is 7.67. The summed E-state index contributed by atoms with van der Waals surface area (Å²) in [6.45, 7) is 12.0. The van der Waals surface area contributed by atoms with Crippen LogP contribution in [0.4, 0.5) is 0 Å². The van der Waals surface area contributed by atoms with Crippen LogP contribution in [-0.4, -0.2) is 29.8 Å². The molecule has 0 spiro atoms. The maximum absolute atomic E-state index is 13.3. The predicted molar refractivity (Wildman–Crippen MR) is 129 cm³/mol. The fourth-order valence-electron chi connectivity index (χ4n) is 3.75. The molecule has 1 heterocycles. The van der Waals surface area contributed by atoms with Crippen molar-refractivity contribution in [3.8, 4) is 0 Å². The second kappa shape index (κ2) is 8.69. The first-order valence-electron chi connectivity index (χ1n) is 10.2. The molecular formula is C24H30N4O2S. The number of nitrogens with two attached hydrogens (primary N) is 1. The molecule has 164 valence electrons. The van der Waals surface area contributed by atoms with Gasteiger partial charge in [0.15, 0.2) is 0 Å². The SMILES string of the molecule is C=C(NC(C)=N[C@H](C)CC(C)(C)N)c1cn(S(=O)(=O)c2ccccc2)c2ccccc12. The van der Waals surface area contributed by atoms with Crippen LogP contribution in [0.1, 0.15) is 39.7 Å². The van der Waals surface area contributed by atoms with Crippen LogP contribution in [0, 0.1) is 0 Å². The molecule has 0 saturated carbocycles. The third-order valence-corrected chi connectivity index (χ3v) is 6.56. The van der Waals surface area contributed by atoms with E-state index in [4.69, 9.17) is 5.73 Å². The van der Waals surface area contributed by atoms with Gasteiger partial charge in [0.1, 0.15) is 0 Å². The quantitative estimate of drug-likeness (QED) is 0.423. The summed E-state index contributed by atoms with van der Waals surface area (Å²) in [4.78, 5) is 4.88. The maximum Gasteiger partial charge on any atom is 0.268 e. The van der Waals surface area contributed by atoms with E-state index >= 15 is 0 Å². The fourth-order valence-corrected chi connectivity index (χ4v) is 5.14. The van der Waals surface area contributed by atoms with Crippen LogP contribution in [0.5, 0.6) is 0 Å². The Balaban J connectivity index is 1.96. The minimum Gasteiger partial charge on any atom is -0.344 e. The van der Waals surface area contributed by atoms with Crippen molar-refractivity contribution in [2.75, 3.05) is 0 Å². The molecule has 0 fully saturated rings. The third-order valence-electron chi connectivity index (χ3n) is 4.87. The number of amidine groups is 1. The van der Waals surface area contributed by atoms with Gasteiger partial charge >= 0.3 is 0 Å². The molecule has 1 aromatic heterocycles. The number of para-hydroxylation sites is 1. The van der Waals surface area contributed by atoms with E-state index in [9.17, 15) is 8.42 Å². The van der Waals surface area contributed by atoms with E-state index in [0.717, 1.165) is 11.8 Å². The largest absolute Gasteiger partial charge is 0.344 e. The average Bonchev–Trinajstić information content (AvgIpc) is 3.07. The molecule has 0 aliphatic heterocycles. The minimum atomic E-state index is -3.74. The molecule has 0 saturated heterocycles. The van der Waals surface area contributed by atoms with Crippen LogP contribution in [0.2, 0.25) is 0 Å². The summed E-state index contributed by atoms with van der Waals surface area (Å²) >= 11 is 0. The number of rotatable bonds is 7. The molecule has 3 N–H and O–H groups in total. The van der Waals surface area contributed by atoms with Crippen molar-refractivity contribution in [1.82, 2.24) is 9.29 Å². The van der Waals surface area contributed by atoms with Crippen molar-refractivity contribution in [3.63, 3.8) is 0 Å². The van der Waals surface area contributed by atoms with E-state index in [2.05, 4.69) is 16.9 Å². The number of aliphatic imine (C=N–C) groups is 1. The highest BCUT2D eigenvalue weighted by Gasteiger charge is 2.22. The van der Waals surface area contributed by atoms with Gasteiger partial charge in [-0.05, 0) is 52.3 Å². The smallest absolute Gasteiger partial charge is 0.268 e. The van der Waals surface area contributed by atoms with E-state index < -0.39 is 10.0 Å². The van der Waals surface area contributed by atoms with E-state index in [0.29, 0.717) is 22.6 Å². The van der Waals surface area contributed by atoms with Gasteiger partial charge in [-0.15, -0.1) is 0 Å². The molecule has 0 amide bonds. The normalized spacial score (nSPS) is 13.9. The number of nitrogens with zero attached hydrogens (tertiary/aromatic N) is 2. The van der Waals surface area contributed by atoms with Gasteiger partial charge in [-0.1, -0.05) is 43.0 Å². The number of nitrogens with one attached hydrogen (secondary N) is 1. The summed E-state index contributed by atoms with van der Waals surface area (Å²) in [5, 5.41) is 4.01. The number of aromatic nitrogens is 1. The molecule has 31 heavy (non-hydrogen) atoms. The molecule has 3 aromatic rings. The number of benzene rings is 2. The topological polar surface area (TPSA) is 89.5 Å². The maximum atomic E-state index is 13.3. The Morgan fingerprint density at radius 1 is 1.16 bits per heavy atom. The zero-order chi connectivity index (χ0) is 22.8. The highest BCUT2D eigenvalue weighted by molar-refractivity contribution is 7.90. The third kappa shape index (κ3) is 5.24. The van der Waals surface area contributed by atoms with Crippen molar-refractivity contribution in [2.45, 2.75) is 50.6 Å². The van der Waals surface area contributed by atoms with Gasteiger partial charge in [-0.3, -0.25) is 4.99 Å². The van der Waals surface area contributed by atoms with Crippen molar-refractivity contribution in [1.29, 1.82) is 0 Å². The van der Waals surface area contributed by atoms with Gasteiger partial charge in [-0.25, -0.2) is 12.4 Å². The molecule has 0 bridgehead atoms. The van der Waals surface area contributed by atoms with Gasteiger partial charge in [0.25, 0.3) is 10.0 Å². The molecule has 0 aliphatic carbocycles. The summed E-state index contributed by atoms with van der Waals surface area (Å²) in [5.74, 6) is 0.699. The van der Waals surface area contributed by atoms with E-state index in [-0.39, 0.29) is 16.5 Å². The molecule has 2 aromatic carbocycles. The summed E-state index contributed by atoms with van der Waals surface area (Å²) in [6.07, 6.45) is 2.36. The van der Waals surface area contributed by atoms with Gasteiger partial charge in [0.2, 0.25) is 0 Å². The average molecular weight is 439 g/mol. The van der Waals surface area contributed by atoms with E-state index in [1.165, 1.54) is 3.97 Å². The van der Waals surface area contributed by atoms with Crippen molar-refractivity contribution in [2.24, 2.45) is 10.7 Å². The lowest BCUT2D eigenvalue weighted by atomic mass is 9.98. The Kier molecular flexibility index (Phi) is 6.38. The van der Waals surface area contributed by atoms with E-state index in [1.54, 1.807) is 42.6 Å². The molecule has 0 unspecified atom stereocenters. The van der Waals surface area contributed by atoms with Gasteiger partial charge in [0, 0.05) is 28.4 Å². The van der Waals surface area contributed by atoms with Crippen LogP contribution < -0.4 is 11.1 Å². The zero-order valence-electron chi connectivity index (χ0n) is 18.5. The molecule has 7 heteroatoms. The molecular weight excluding hydrogens is 408 g/mol. The first-order chi connectivity index (χ1) is 14.5. The lowest BCUT2D eigenvalue weighted by molar-refractivity contribution is 0.437. The summed E-state index contributed by atoms with van der Waals surface area (Å²) < 4.78 is 27.8. The molecule has 6 nitrogen and oxygen atoms in total. The Morgan fingerprint density at radius 2 is 1.77 bits per heavy atom. The second-order valence-electron chi connectivity index (χ2n) is 8.53. The molecule has 1 atom stereocenters. The molecule has 0 aliphatic rings. The van der Waals surface area contributed by atoms with Crippen LogP contribution in [-0.2, 0) is 10.0 Å². The van der Waals surface area contributed by atoms with Crippen LogP contribution in [0.25, 0.3) is 16.6 Å². The monoisotopic (exact) mass is 438 g/mol. The lowest BCUT2D eigenvalue weighted by Crippen LogP contribution is -2.35. The van der Waals surface area contributed by atoms with Crippen LogP contribution in [0.15, 0.2) is 77.3 Å². The first-order valence-corrected chi connectivity index (χ1v) is 11.6.